The van der Waals surface area contributed by atoms with Crippen LogP contribution >= 0.6 is 0 Å². The lowest BCUT2D eigenvalue weighted by Gasteiger charge is -2.42. The van der Waals surface area contributed by atoms with Crippen molar-refractivity contribution in [2.45, 2.75) is 66.1 Å². The first-order valence-electron chi connectivity index (χ1n) is 6.37. The van der Waals surface area contributed by atoms with E-state index in [2.05, 4.69) is 46.4 Å². The third kappa shape index (κ3) is 4.40. The summed E-state index contributed by atoms with van der Waals surface area (Å²) in [7, 11) is 0. The average Bonchev–Trinajstić information content (AvgIpc) is 2.15. The van der Waals surface area contributed by atoms with Crippen LogP contribution in [0.15, 0.2) is 0 Å². The van der Waals surface area contributed by atoms with Crippen LogP contribution in [-0.4, -0.2) is 41.3 Å². The Labute approximate surface area is 101 Å². The fourth-order valence-corrected chi connectivity index (χ4v) is 2.07. The lowest BCUT2D eigenvalue weighted by Crippen LogP contribution is -2.57. The van der Waals surface area contributed by atoms with E-state index >= 15 is 0 Å². The highest BCUT2D eigenvalue weighted by molar-refractivity contribution is 4.90. The normalized spacial score (nSPS) is 16.9. The summed E-state index contributed by atoms with van der Waals surface area (Å²) in [6.07, 6.45) is 1.09. The van der Waals surface area contributed by atoms with Crippen molar-refractivity contribution in [3.05, 3.63) is 0 Å². The summed E-state index contributed by atoms with van der Waals surface area (Å²) in [5.74, 6) is 0. The van der Waals surface area contributed by atoms with E-state index in [4.69, 9.17) is 5.73 Å². The van der Waals surface area contributed by atoms with Crippen LogP contribution in [0.4, 0.5) is 0 Å². The van der Waals surface area contributed by atoms with Crippen molar-refractivity contribution in [3.63, 3.8) is 0 Å². The van der Waals surface area contributed by atoms with E-state index in [1.165, 1.54) is 0 Å². The van der Waals surface area contributed by atoms with E-state index in [1.54, 1.807) is 0 Å². The summed E-state index contributed by atoms with van der Waals surface area (Å²) >= 11 is 0. The van der Waals surface area contributed by atoms with Crippen LogP contribution in [0.25, 0.3) is 0 Å². The van der Waals surface area contributed by atoms with Gasteiger partial charge in [0.15, 0.2) is 0 Å². The van der Waals surface area contributed by atoms with Crippen LogP contribution < -0.4 is 5.73 Å². The van der Waals surface area contributed by atoms with Gasteiger partial charge in [-0.05, 0) is 32.2 Å². The maximum Gasteiger partial charge on any atom is 0.0602 e. The van der Waals surface area contributed by atoms with Gasteiger partial charge < -0.3 is 10.8 Å². The lowest BCUT2D eigenvalue weighted by molar-refractivity contribution is 0.0499. The molecule has 0 rings (SSSR count). The molecule has 0 bridgehead atoms. The molecule has 0 radical (unpaired) electrons. The smallest absolute Gasteiger partial charge is 0.0602 e. The van der Waals surface area contributed by atoms with Gasteiger partial charge in [0.05, 0.1) is 6.61 Å². The standard InChI is InChI=1S/C13H30N2O/c1-7-8-15(10(2)3)11(9-16)12(14)13(4,5)6/h10-12,16H,7-9,14H2,1-6H3. The van der Waals surface area contributed by atoms with Gasteiger partial charge >= 0.3 is 0 Å². The minimum Gasteiger partial charge on any atom is -0.395 e. The molecule has 2 unspecified atom stereocenters. The highest BCUT2D eigenvalue weighted by atomic mass is 16.3. The zero-order valence-corrected chi connectivity index (χ0v) is 11.8. The average molecular weight is 230 g/mol. The second kappa shape index (κ2) is 6.58. The molecule has 0 aromatic heterocycles. The zero-order chi connectivity index (χ0) is 12.9. The van der Waals surface area contributed by atoms with Crippen LogP contribution in [0.3, 0.4) is 0 Å². The Balaban J connectivity index is 4.79. The highest BCUT2D eigenvalue weighted by Crippen LogP contribution is 2.23. The number of aliphatic hydroxyl groups is 1. The molecule has 0 aromatic rings. The second-order valence-corrected chi connectivity index (χ2v) is 5.97. The molecule has 0 amide bonds. The van der Waals surface area contributed by atoms with Gasteiger partial charge in [0.1, 0.15) is 0 Å². The summed E-state index contributed by atoms with van der Waals surface area (Å²) in [5.41, 5.74) is 6.29. The summed E-state index contributed by atoms with van der Waals surface area (Å²) in [6.45, 7) is 14.0. The molecule has 0 spiro atoms. The molecule has 0 heterocycles. The summed E-state index contributed by atoms with van der Waals surface area (Å²) in [4.78, 5) is 2.32. The summed E-state index contributed by atoms with van der Waals surface area (Å²) in [6, 6.07) is 0.469. The molecule has 0 aliphatic heterocycles. The van der Waals surface area contributed by atoms with Gasteiger partial charge in [-0.25, -0.2) is 0 Å². The van der Waals surface area contributed by atoms with E-state index in [1.807, 2.05) is 0 Å². The maximum absolute atomic E-state index is 9.58. The Hall–Kier alpha value is -0.120. The van der Waals surface area contributed by atoms with E-state index < -0.39 is 0 Å². The Kier molecular flexibility index (Phi) is 6.53. The first-order chi connectivity index (χ1) is 7.25. The summed E-state index contributed by atoms with van der Waals surface area (Å²) < 4.78 is 0. The molecular formula is C13H30N2O. The van der Waals surface area contributed by atoms with Crippen LogP contribution in [0.1, 0.15) is 48.0 Å². The van der Waals surface area contributed by atoms with Crippen molar-refractivity contribution >= 4 is 0 Å². The zero-order valence-electron chi connectivity index (χ0n) is 11.8. The molecule has 2 atom stereocenters. The third-order valence-corrected chi connectivity index (χ3v) is 3.17. The van der Waals surface area contributed by atoms with Gasteiger partial charge in [0.2, 0.25) is 0 Å². The third-order valence-electron chi connectivity index (χ3n) is 3.17. The SMILES string of the molecule is CCCN(C(C)C)C(CO)C(N)C(C)(C)C. The van der Waals surface area contributed by atoms with E-state index in [0.717, 1.165) is 13.0 Å². The molecular weight excluding hydrogens is 200 g/mol. The molecule has 3 N–H and O–H groups in total. The van der Waals surface area contributed by atoms with Gasteiger partial charge in [-0.15, -0.1) is 0 Å². The van der Waals surface area contributed by atoms with Gasteiger partial charge in [-0.1, -0.05) is 27.7 Å². The number of hydrogen-bond donors (Lipinski definition) is 2. The van der Waals surface area contributed by atoms with Gasteiger partial charge in [0, 0.05) is 18.1 Å². The molecule has 0 fully saturated rings. The fourth-order valence-electron chi connectivity index (χ4n) is 2.07. The minimum atomic E-state index is -0.00792. The predicted octanol–water partition coefficient (Wildman–Crippen LogP) is 1.84. The first-order valence-corrected chi connectivity index (χ1v) is 6.37. The van der Waals surface area contributed by atoms with Crippen molar-refractivity contribution in [3.8, 4) is 0 Å². The molecule has 0 saturated carbocycles. The van der Waals surface area contributed by atoms with Crippen LogP contribution in [0, 0.1) is 5.41 Å². The first kappa shape index (κ1) is 15.9. The molecule has 98 valence electrons. The van der Waals surface area contributed by atoms with E-state index in [9.17, 15) is 5.11 Å². The number of hydrogen-bond acceptors (Lipinski definition) is 3. The molecule has 3 heteroatoms. The maximum atomic E-state index is 9.58. The second-order valence-electron chi connectivity index (χ2n) is 5.97. The highest BCUT2D eigenvalue weighted by Gasteiger charge is 2.33. The largest absolute Gasteiger partial charge is 0.395 e. The van der Waals surface area contributed by atoms with Crippen molar-refractivity contribution in [1.82, 2.24) is 4.90 Å². The monoisotopic (exact) mass is 230 g/mol. The molecule has 0 aliphatic rings. The Bertz CT molecular complexity index is 187. The quantitative estimate of drug-likeness (QED) is 0.732. The number of rotatable bonds is 6. The topological polar surface area (TPSA) is 49.5 Å². The molecule has 3 nitrogen and oxygen atoms in total. The van der Waals surface area contributed by atoms with Crippen molar-refractivity contribution in [2.75, 3.05) is 13.2 Å². The fraction of sp³-hybridized carbons (Fsp3) is 1.00. The Morgan fingerprint density at radius 2 is 1.75 bits per heavy atom. The van der Waals surface area contributed by atoms with Gasteiger partial charge in [-0.2, -0.15) is 0 Å². The molecule has 0 aromatic carbocycles. The Morgan fingerprint density at radius 3 is 2.00 bits per heavy atom. The van der Waals surface area contributed by atoms with Gasteiger partial charge in [-0.3, -0.25) is 4.90 Å². The van der Waals surface area contributed by atoms with Gasteiger partial charge in [0.25, 0.3) is 0 Å². The van der Waals surface area contributed by atoms with Crippen molar-refractivity contribution in [1.29, 1.82) is 0 Å². The molecule has 0 saturated heterocycles. The lowest BCUT2D eigenvalue weighted by atomic mass is 9.82. The number of nitrogens with zero attached hydrogens (tertiary/aromatic N) is 1. The van der Waals surface area contributed by atoms with Crippen LogP contribution in [0.5, 0.6) is 0 Å². The van der Waals surface area contributed by atoms with Crippen LogP contribution in [0.2, 0.25) is 0 Å². The number of aliphatic hydroxyl groups excluding tert-OH is 1. The van der Waals surface area contributed by atoms with E-state index in [-0.39, 0.29) is 24.1 Å². The van der Waals surface area contributed by atoms with Crippen molar-refractivity contribution < 1.29 is 5.11 Å². The van der Waals surface area contributed by atoms with Crippen LogP contribution in [-0.2, 0) is 0 Å². The number of nitrogens with two attached hydrogens (primary N) is 1. The Morgan fingerprint density at radius 1 is 1.25 bits per heavy atom. The predicted molar refractivity (Wildman–Crippen MR) is 70.4 cm³/mol. The summed E-state index contributed by atoms with van der Waals surface area (Å²) in [5, 5.41) is 9.58. The minimum absolute atomic E-state index is 0.00792. The molecule has 0 aliphatic carbocycles. The molecule has 16 heavy (non-hydrogen) atoms. The van der Waals surface area contributed by atoms with Crippen molar-refractivity contribution in [2.24, 2.45) is 11.1 Å². The van der Waals surface area contributed by atoms with E-state index in [0.29, 0.717) is 6.04 Å².